The van der Waals surface area contributed by atoms with Gasteiger partial charge >= 0.3 is 0 Å². The van der Waals surface area contributed by atoms with Crippen LogP contribution in [0, 0.1) is 0 Å². The van der Waals surface area contributed by atoms with Crippen molar-refractivity contribution < 1.29 is 13.2 Å². The normalized spacial score (nSPS) is 13.0. The Morgan fingerprint density at radius 2 is 1.90 bits per heavy atom. The van der Waals surface area contributed by atoms with Gasteiger partial charge in [0.1, 0.15) is 11.0 Å². The van der Waals surface area contributed by atoms with Crippen molar-refractivity contribution >= 4 is 55.3 Å². The minimum Gasteiger partial charge on any atom is -0.348 e. The summed E-state index contributed by atoms with van der Waals surface area (Å²) in [6.45, 7) is 0.259. The molecule has 0 aliphatic heterocycles. The Morgan fingerprint density at radius 1 is 1.17 bits per heavy atom. The molecule has 0 fully saturated rings. The number of para-hydroxylation sites is 1. The Labute approximate surface area is 184 Å². The number of hydrogen-bond acceptors (Lipinski definition) is 6. The molecule has 1 aromatic heterocycles. The smallest absolute Gasteiger partial charge is 0.238 e. The summed E-state index contributed by atoms with van der Waals surface area (Å²) in [4.78, 5) is 17.2. The van der Waals surface area contributed by atoms with Gasteiger partial charge in [0.25, 0.3) is 0 Å². The number of carbonyl (C=O) groups is 1. The molecule has 0 spiro atoms. The van der Waals surface area contributed by atoms with E-state index in [0.29, 0.717) is 12.2 Å². The number of thioether (sulfide) groups is 1. The van der Waals surface area contributed by atoms with Gasteiger partial charge in [-0.05, 0) is 42.2 Å². The predicted molar refractivity (Wildman–Crippen MR) is 126 cm³/mol. The van der Waals surface area contributed by atoms with Crippen LogP contribution in [0.1, 0.15) is 17.0 Å². The lowest BCUT2D eigenvalue weighted by Crippen LogP contribution is -2.46. The van der Waals surface area contributed by atoms with Gasteiger partial charge < -0.3 is 5.32 Å². The van der Waals surface area contributed by atoms with Gasteiger partial charge in [0.15, 0.2) is 0 Å². The molecule has 1 amide bonds. The van der Waals surface area contributed by atoms with Gasteiger partial charge in [-0.3, -0.25) is 4.79 Å². The number of sulfonamides is 1. The zero-order valence-electron chi connectivity index (χ0n) is 16.4. The van der Waals surface area contributed by atoms with Crippen molar-refractivity contribution in [2.75, 3.05) is 12.0 Å². The quantitative estimate of drug-likeness (QED) is 0.481. The Morgan fingerprint density at radius 3 is 2.63 bits per heavy atom. The highest BCUT2D eigenvalue weighted by Crippen LogP contribution is 2.21. The summed E-state index contributed by atoms with van der Waals surface area (Å²) in [6.07, 6.45) is 3.82. The van der Waals surface area contributed by atoms with Crippen LogP contribution in [-0.4, -0.2) is 37.4 Å². The van der Waals surface area contributed by atoms with E-state index in [1.54, 1.807) is 11.8 Å². The van der Waals surface area contributed by atoms with Gasteiger partial charge in [-0.1, -0.05) is 42.5 Å². The third-order valence-corrected chi connectivity index (χ3v) is 7.01. The molecule has 0 aliphatic rings. The van der Waals surface area contributed by atoms with Crippen LogP contribution >= 0.6 is 23.1 Å². The van der Waals surface area contributed by atoms with Crippen LogP contribution in [0.4, 0.5) is 0 Å². The molecule has 0 saturated carbocycles. The molecule has 0 aliphatic carbocycles. The highest BCUT2D eigenvalue weighted by Gasteiger charge is 2.23. The molecule has 0 saturated heterocycles. The monoisotopic (exact) mass is 461 g/mol. The summed E-state index contributed by atoms with van der Waals surface area (Å²) in [5.74, 6) is 0.296. The largest absolute Gasteiger partial charge is 0.348 e. The lowest BCUT2D eigenvalue weighted by Gasteiger charge is -2.16. The van der Waals surface area contributed by atoms with Crippen LogP contribution in [0.2, 0.25) is 0 Å². The average molecular weight is 462 g/mol. The summed E-state index contributed by atoms with van der Waals surface area (Å²) in [5.41, 5.74) is 1.65. The topological polar surface area (TPSA) is 88.2 Å². The van der Waals surface area contributed by atoms with Gasteiger partial charge in [-0.2, -0.15) is 16.5 Å². The molecule has 0 radical (unpaired) electrons. The van der Waals surface area contributed by atoms with Crippen LogP contribution < -0.4 is 10.0 Å². The number of fused-ring (bicyclic) bond motifs is 1. The molecule has 1 atom stereocenters. The van der Waals surface area contributed by atoms with Crippen molar-refractivity contribution in [2.45, 2.75) is 19.0 Å². The number of hydrogen-bond donors (Lipinski definition) is 2. The number of rotatable bonds is 10. The van der Waals surface area contributed by atoms with Crippen molar-refractivity contribution in [3.63, 3.8) is 0 Å². The van der Waals surface area contributed by atoms with E-state index in [0.717, 1.165) is 26.2 Å². The van der Waals surface area contributed by atoms with E-state index in [-0.39, 0.29) is 12.5 Å². The Hall–Kier alpha value is -2.20. The molecule has 0 bridgehead atoms. The van der Waals surface area contributed by atoms with E-state index in [9.17, 15) is 13.2 Å². The number of benzene rings is 2. The highest BCUT2D eigenvalue weighted by atomic mass is 32.2. The summed E-state index contributed by atoms with van der Waals surface area (Å²) < 4.78 is 28.5. The molecule has 2 aromatic carbocycles. The zero-order chi connectivity index (χ0) is 21.4. The number of aromatic nitrogens is 1. The van der Waals surface area contributed by atoms with Gasteiger partial charge in [-0.15, -0.1) is 11.3 Å². The van der Waals surface area contributed by atoms with Crippen LogP contribution in [0.3, 0.4) is 0 Å². The molecule has 1 unspecified atom stereocenters. The molecule has 158 valence electrons. The third kappa shape index (κ3) is 6.66. The second-order valence-electron chi connectivity index (χ2n) is 6.50. The lowest BCUT2D eigenvalue weighted by atomic mass is 10.2. The minimum absolute atomic E-state index is 0.259. The van der Waals surface area contributed by atoms with E-state index < -0.39 is 16.1 Å². The van der Waals surface area contributed by atoms with Gasteiger partial charge in [0, 0.05) is 5.41 Å². The standard InChI is InChI=1S/C21H23N3O3S3/c1-28-13-11-18(24-30(26,27)14-12-16-7-3-2-4-8-16)21(25)22-15-20-23-17-9-5-6-10-19(17)29-20/h2-10,12,14,18,24H,11,13,15H2,1H3,(H,22,25). The fourth-order valence-corrected chi connectivity index (χ4v) is 5.15. The average Bonchev–Trinajstić information content (AvgIpc) is 3.17. The summed E-state index contributed by atoms with van der Waals surface area (Å²) in [5, 5.41) is 4.68. The number of nitrogens with one attached hydrogen (secondary N) is 2. The lowest BCUT2D eigenvalue weighted by molar-refractivity contribution is -0.122. The summed E-state index contributed by atoms with van der Waals surface area (Å²) >= 11 is 3.07. The minimum atomic E-state index is -3.77. The second kappa shape index (κ2) is 10.7. The van der Waals surface area contributed by atoms with Crippen LogP contribution in [0.15, 0.2) is 60.0 Å². The van der Waals surface area contributed by atoms with Crippen LogP contribution in [-0.2, 0) is 21.4 Å². The fraction of sp³-hybridized carbons (Fsp3) is 0.238. The van der Waals surface area contributed by atoms with Gasteiger partial charge in [0.2, 0.25) is 15.9 Å². The molecule has 30 heavy (non-hydrogen) atoms. The first kappa shape index (κ1) is 22.5. The number of nitrogens with zero attached hydrogens (tertiary/aromatic N) is 1. The molecule has 2 N–H and O–H groups in total. The predicted octanol–water partition coefficient (Wildman–Crippen LogP) is 3.62. The summed E-state index contributed by atoms with van der Waals surface area (Å²) in [7, 11) is -3.77. The van der Waals surface area contributed by atoms with Crippen LogP contribution in [0.25, 0.3) is 16.3 Å². The number of carbonyl (C=O) groups excluding carboxylic acids is 1. The first-order valence-corrected chi connectivity index (χ1v) is 13.1. The molecule has 3 rings (SSSR count). The zero-order valence-corrected chi connectivity index (χ0v) is 18.9. The van der Waals surface area contributed by atoms with E-state index >= 15 is 0 Å². The first-order chi connectivity index (χ1) is 14.5. The maximum atomic E-state index is 12.7. The summed E-state index contributed by atoms with van der Waals surface area (Å²) in [6, 6.07) is 16.0. The van der Waals surface area contributed by atoms with Crippen LogP contribution in [0.5, 0.6) is 0 Å². The third-order valence-electron chi connectivity index (χ3n) is 4.22. The molecular weight excluding hydrogens is 438 g/mol. The van der Waals surface area contributed by atoms with Crippen molar-refractivity contribution in [3.8, 4) is 0 Å². The Bertz CT molecular complexity index is 1080. The second-order valence-corrected chi connectivity index (χ2v) is 10.2. The molecular formula is C21H23N3O3S3. The van der Waals surface area contributed by atoms with E-state index in [1.807, 2.05) is 60.9 Å². The highest BCUT2D eigenvalue weighted by molar-refractivity contribution is 7.98. The maximum absolute atomic E-state index is 12.7. The molecule has 1 heterocycles. The van der Waals surface area contributed by atoms with Gasteiger partial charge in [0.05, 0.1) is 16.8 Å². The van der Waals surface area contributed by atoms with Gasteiger partial charge in [-0.25, -0.2) is 13.4 Å². The molecule has 6 nitrogen and oxygen atoms in total. The number of thiazole rings is 1. The van der Waals surface area contributed by atoms with Crippen molar-refractivity contribution in [3.05, 3.63) is 70.6 Å². The van der Waals surface area contributed by atoms with Crippen molar-refractivity contribution in [1.29, 1.82) is 0 Å². The SMILES string of the molecule is CSCCC(NS(=O)(=O)C=Cc1ccccc1)C(=O)NCc1nc2ccccc2s1. The number of amides is 1. The first-order valence-electron chi connectivity index (χ1n) is 9.33. The molecule has 9 heteroatoms. The van der Waals surface area contributed by atoms with E-state index in [1.165, 1.54) is 17.4 Å². The van der Waals surface area contributed by atoms with Crippen molar-refractivity contribution in [2.24, 2.45) is 0 Å². The Kier molecular flexibility index (Phi) is 8.03. The molecule has 3 aromatic rings. The Balaban J connectivity index is 1.64. The van der Waals surface area contributed by atoms with Crippen molar-refractivity contribution in [1.82, 2.24) is 15.0 Å². The maximum Gasteiger partial charge on any atom is 0.238 e. The van der Waals surface area contributed by atoms with E-state index in [2.05, 4.69) is 15.0 Å². The van der Waals surface area contributed by atoms with E-state index in [4.69, 9.17) is 0 Å². The fourth-order valence-electron chi connectivity index (χ4n) is 2.73.